The summed E-state index contributed by atoms with van der Waals surface area (Å²) in [5, 5.41) is 4.19. The highest BCUT2D eigenvalue weighted by Gasteiger charge is 2.11. The summed E-state index contributed by atoms with van der Waals surface area (Å²) in [5.41, 5.74) is 1.99. The average molecular weight is 377 g/mol. The number of rotatable bonds is 5. The topological polar surface area (TPSA) is 64.4 Å². The zero-order valence-electron chi connectivity index (χ0n) is 13.3. The summed E-state index contributed by atoms with van der Waals surface area (Å²) in [5.74, 6) is 0.241. The number of aromatic nitrogens is 1. The molecule has 0 saturated carbocycles. The van der Waals surface area contributed by atoms with Crippen LogP contribution in [-0.2, 0) is 11.2 Å². The molecule has 128 valence electrons. The van der Waals surface area contributed by atoms with Gasteiger partial charge in [-0.05, 0) is 42.0 Å². The van der Waals surface area contributed by atoms with Gasteiger partial charge < -0.3 is 14.5 Å². The standard InChI is InChI=1S/C18H14Cl2N2O3/c1-24-17(23)11-5-7-12(8-6-11)22-18-21-10-13(25-18)9-14-15(19)3-2-4-16(14)20/h2-8,10H,9H2,1H3,(H,21,22). The predicted octanol–water partition coefficient (Wildman–Crippen LogP) is 5.10. The second-order valence-corrected chi connectivity index (χ2v) is 6.02. The highest BCUT2D eigenvalue weighted by atomic mass is 35.5. The minimum Gasteiger partial charge on any atom is -0.465 e. The molecule has 0 aliphatic heterocycles. The van der Waals surface area contributed by atoms with Gasteiger partial charge in [-0.2, -0.15) is 0 Å². The van der Waals surface area contributed by atoms with Gasteiger partial charge in [-0.15, -0.1) is 0 Å². The van der Waals surface area contributed by atoms with Crippen LogP contribution in [0.2, 0.25) is 10.0 Å². The Morgan fingerprint density at radius 1 is 1.16 bits per heavy atom. The number of nitrogens with zero attached hydrogens (tertiary/aromatic N) is 1. The van der Waals surface area contributed by atoms with Crippen LogP contribution in [0.4, 0.5) is 11.7 Å². The van der Waals surface area contributed by atoms with E-state index in [0.717, 1.165) is 11.3 Å². The molecule has 0 spiro atoms. The molecule has 3 aromatic rings. The number of carbonyl (C=O) groups is 1. The molecule has 0 atom stereocenters. The van der Waals surface area contributed by atoms with Crippen molar-refractivity contribution in [1.29, 1.82) is 0 Å². The number of hydrogen-bond acceptors (Lipinski definition) is 5. The molecular formula is C18H14Cl2N2O3. The number of halogens is 2. The van der Waals surface area contributed by atoms with Crippen molar-refractivity contribution < 1.29 is 13.9 Å². The zero-order valence-corrected chi connectivity index (χ0v) is 14.8. The molecule has 1 aromatic heterocycles. The number of esters is 1. The van der Waals surface area contributed by atoms with E-state index in [-0.39, 0.29) is 5.97 Å². The van der Waals surface area contributed by atoms with E-state index in [4.69, 9.17) is 27.6 Å². The van der Waals surface area contributed by atoms with E-state index in [1.54, 1.807) is 48.7 Å². The second-order valence-electron chi connectivity index (χ2n) is 5.20. The van der Waals surface area contributed by atoms with Gasteiger partial charge in [0.1, 0.15) is 5.76 Å². The van der Waals surface area contributed by atoms with Gasteiger partial charge >= 0.3 is 5.97 Å². The normalized spacial score (nSPS) is 10.5. The van der Waals surface area contributed by atoms with Gasteiger partial charge in [0.25, 0.3) is 6.01 Å². The molecule has 0 saturated heterocycles. The van der Waals surface area contributed by atoms with Crippen molar-refractivity contribution in [1.82, 2.24) is 4.98 Å². The first kappa shape index (κ1) is 17.3. The number of ether oxygens (including phenoxy) is 1. The minimum atomic E-state index is -0.387. The first-order chi connectivity index (χ1) is 12.1. The highest BCUT2D eigenvalue weighted by Crippen LogP contribution is 2.28. The Balaban J connectivity index is 1.70. The van der Waals surface area contributed by atoms with Crippen molar-refractivity contribution >= 4 is 40.9 Å². The Morgan fingerprint density at radius 2 is 1.84 bits per heavy atom. The molecule has 0 aliphatic carbocycles. The summed E-state index contributed by atoms with van der Waals surface area (Å²) in [7, 11) is 1.34. The van der Waals surface area contributed by atoms with Gasteiger partial charge in [0, 0.05) is 22.2 Å². The number of anilines is 2. The lowest BCUT2D eigenvalue weighted by Crippen LogP contribution is -2.00. The van der Waals surface area contributed by atoms with Crippen LogP contribution in [0.3, 0.4) is 0 Å². The monoisotopic (exact) mass is 376 g/mol. The number of hydrogen-bond donors (Lipinski definition) is 1. The van der Waals surface area contributed by atoms with E-state index >= 15 is 0 Å². The number of methoxy groups -OCH3 is 1. The van der Waals surface area contributed by atoms with Gasteiger partial charge in [-0.3, -0.25) is 0 Å². The van der Waals surface area contributed by atoms with Crippen molar-refractivity contribution in [2.75, 3.05) is 12.4 Å². The summed E-state index contributed by atoms with van der Waals surface area (Å²) in [6.07, 6.45) is 2.05. The van der Waals surface area contributed by atoms with E-state index in [9.17, 15) is 4.79 Å². The van der Waals surface area contributed by atoms with Gasteiger partial charge in [0.05, 0.1) is 18.9 Å². The maximum atomic E-state index is 11.4. The van der Waals surface area contributed by atoms with Crippen molar-refractivity contribution in [2.24, 2.45) is 0 Å². The second kappa shape index (κ2) is 7.59. The lowest BCUT2D eigenvalue weighted by atomic mass is 10.1. The third-order valence-electron chi connectivity index (χ3n) is 3.52. The predicted molar refractivity (Wildman–Crippen MR) is 96.8 cm³/mol. The van der Waals surface area contributed by atoms with Crippen molar-refractivity contribution in [2.45, 2.75) is 6.42 Å². The lowest BCUT2D eigenvalue weighted by Gasteiger charge is -2.05. The molecule has 7 heteroatoms. The molecule has 0 radical (unpaired) electrons. The fraction of sp³-hybridized carbons (Fsp3) is 0.111. The number of nitrogens with one attached hydrogen (secondary N) is 1. The molecule has 1 N–H and O–H groups in total. The molecule has 0 aliphatic rings. The van der Waals surface area contributed by atoms with E-state index in [1.807, 2.05) is 0 Å². The summed E-state index contributed by atoms with van der Waals surface area (Å²) in [6.45, 7) is 0. The van der Waals surface area contributed by atoms with Crippen LogP contribution in [0, 0.1) is 0 Å². The molecule has 0 bridgehead atoms. The van der Waals surface area contributed by atoms with Gasteiger partial charge in [-0.1, -0.05) is 29.3 Å². The van der Waals surface area contributed by atoms with Crippen LogP contribution in [0.1, 0.15) is 21.7 Å². The summed E-state index contributed by atoms with van der Waals surface area (Å²) >= 11 is 12.3. The molecule has 3 rings (SSSR count). The van der Waals surface area contributed by atoms with Gasteiger partial charge in [0.2, 0.25) is 0 Å². The van der Waals surface area contributed by atoms with E-state index < -0.39 is 0 Å². The minimum absolute atomic E-state index is 0.337. The van der Waals surface area contributed by atoms with Crippen LogP contribution < -0.4 is 5.32 Å². The Kier molecular flexibility index (Phi) is 5.26. The molecule has 25 heavy (non-hydrogen) atoms. The molecule has 0 amide bonds. The van der Waals surface area contributed by atoms with E-state index in [1.165, 1.54) is 7.11 Å². The maximum Gasteiger partial charge on any atom is 0.337 e. The summed E-state index contributed by atoms with van der Waals surface area (Å²) < 4.78 is 10.3. The summed E-state index contributed by atoms with van der Waals surface area (Å²) in [4.78, 5) is 15.6. The summed E-state index contributed by atoms with van der Waals surface area (Å²) in [6, 6.07) is 12.5. The molecule has 1 heterocycles. The largest absolute Gasteiger partial charge is 0.465 e. The van der Waals surface area contributed by atoms with Crippen molar-refractivity contribution in [3.05, 3.63) is 75.6 Å². The van der Waals surface area contributed by atoms with Crippen LogP contribution >= 0.6 is 23.2 Å². The van der Waals surface area contributed by atoms with Crippen LogP contribution in [0.25, 0.3) is 0 Å². The maximum absolute atomic E-state index is 11.4. The van der Waals surface area contributed by atoms with Crippen molar-refractivity contribution in [3.63, 3.8) is 0 Å². The van der Waals surface area contributed by atoms with Crippen molar-refractivity contribution in [3.8, 4) is 0 Å². The Morgan fingerprint density at radius 3 is 2.48 bits per heavy atom. The average Bonchev–Trinajstić information content (AvgIpc) is 3.05. The quantitative estimate of drug-likeness (QED) is 0.627. The molecule has 2 aromatic carbocycles. The smallest absolute Gasteiger partial charge is 0.337 e. The molecular weight excluding hydrogens is 363 g/mol. The number of benzene rings is 2. The van der Waals surface area contributed by atoms with Crippen LogP contribution in [0.15, 0.2) is 53.1 Å². The molecule has 0 unspecified atom stereocenters. The van der Waals surface area contributed by atoms with E-state index in [0.29, 0.717) is 33.8 Å². The number of oxazole rings is 1. The third kappa shape index (κ3) is 4.13. The lowest BCUT2D eigenvalue weighted by molar-refractivity contribution is 0.0601. The van der Waals surface area contributed by atoms with Gasteiger partial charge in [-0.25, -0.2) is 9.78 Å². The highest BCUT2D eigenvalue weighted by molar-refractivity contribution is 6.36. The Bertz CT molecular complexity index is 871. The van der Waals surface area contributed by atoms with E-state index in [2.05, 4.69) is 15.0 Å². The first-order valence-corrected chi connectivity index (χ1v) is 8.15. The number of carbonyl (C=O) groups excluding carboxylic acids is 1. The fourth-order valence-corrected chi connectivity index (χ4v) is 2.78. The van der Waals surface area contributed by atoms with Gasteiger partial charge in [0.15, 0.2) is 0 Å². The molecule has 5 nitrogen and oxygen atoms in total. The Labute approximate surface area is 154 Å². The fourth-order valence-electron chi connectivity index (χ4n) is 2.25. The van der Waals surface area contributed by atoms with Crippen LogP contribution in [-0.4, -0.2) is 18.1 Å². The third-order valence-corrected chi connectivity index (χ3v) is 4.23. The first-order valence-electron chi connectivity index (χ1n) is 7.40. The SMILES string of the molecule is COC(=O)c1ccc(Nc2ncc(Cc3c(Cl)cccc3Cl)o2)cc1. The molecule has 0 fully saturated rings. The zero-order chi connectivity index (χ0) is 17.8. The Hall–Kier alpha value is -2.50. The van der Waals surface area contributed by atoms with Crippen LogP contribution in [0.5, 0.6) is 0 Å².